The smallest absolute Gasteiger partial charge is 0.211 e. The quantitative estimate of drug-likeness (QED) is 0.741. The van der Waals surface area contributed by atoms with E-state index in [1.54, 1.807) is 0 Å². The van der Waals surface area contributed by atoms with Crippen LogP contribution in [0, 0.1) is 6.92 Å². The van der Waals surface area contributed by atoms with Gasteiger partial charge in [0.25, 0.3) is 0 Å². The van der Waals surface area contributed by atoms with Gasteiger partial charge in [0, 0.05) is 5.56 Å². The highest BCUT2D eigenvalue weighted by Gasteiger charge is 2.24. The summed E-state index contributed by atoms with van der Waals surface area (Å²) in [6, 6.07) is 13.6. The van der Waals surface area contributed by atoms with Crippen LogP contribution in [-0.4, -0.2) is 16.2 Å². The van der Waals surface area contributed by atoms with Crippen molar-refractivity contribution >= 4 is 22.7 Å². The number of rotatable bonds is 1. The maximum Gasteiger partial charge on any atom is 0.211 e. The number of benzene rings is 2. The van der Waals surface area contributed by atoms with Gasteiger partial charge in [-0.05, 0) is 36.8 Å². The largest absolute Gasteiger partial charge is 0.467 e. The van der Waals surface area contributed by atoms with Gasteiger partial charge in [0.1, 0.15) is 11.6 Å². The second kappa shape index (κ2) is 4.46. The Bertz CT molecular complexity index is 863. The normalized spacial score (nSPS) is 17.2. The summed E-state index contributed by atoms with van der Waals surface area (Å²) in [4.78, 5) is 7.78. The predicted octanol–water partition coefficient (Wildman–Crippen LogP) is 3.20. The molecule has 1 unspecified atom stereocenters. The Morgan fingerprint density at radius 3 is 2.95 bits per heavy atom. The maximum absolute atomic E-state index is 10.2. The van der Waals surface area contributed by atoms with Crippen molar-refractivity contribution in [3.8, 4) is 5.75 Å². The minimum atomic E-state index is -1.01. The Morgan fingerprint density at radius 2 is 2.05 bits per heavy atom. The molecule has 3 aromatic rings. The van der Waals surface area contributed by atoms with E-state index >= 15 is 0 Å². The number of hydrogen-bond acceptors (Lipinski definition) is 2. The van der Waals surface area contributed by atoms with Crippen molar-refractivity contribution in [2.45, 2.75) is 13.2 Å². The molecule has 1 atom stereocenters. The number of hydrogen-bond donors (Lipinski definition) is 1. The zero-order chi connectivity index (χ0) is 14.4. The lowest BCUT2D eigenvalue weighted by atomic mass is 10.1. The molecule has 0 fully saturated rings. The van der Waals surface area contributed by atoms with Crippen molar-refractivity contribution in [1.82, 2.24) is 15.7 Å². The summed E-state index contributed by atoms with van der Waals surface area (Å²) in [6.45, 7) is 2.04. The molecule has 0 bridgehead atoms. The molecule has 0 saturated heterocycles. The SMILES string of the molecule is Cc1ccc2nc(C3=Cc4ccccc4OC3[N])[nH]c2c1. The average molecular weight is 275 g/mol. The average Bonchev–Trinajstić information content (AvgIpc) is 2.89. The summed E-state index contributed by atoms with van der Waals surface area (Å²) < 4.78 is 5.55. The number of aromatic nitrogens is 2. The molecule has 4 heteroatoms. The monoisotopic (exact) mass is 275 g/mol. The van der Waals surface area contributed by atoms with E-state index in [0.29, 0.717) is 17.1 Å². The second-order valence-electron chi connectivity index (χ2n) is 5.21. The lowest BCUT2D eigenvalue weighted by Crippen LogP contribution is -2.23. The summed E-state index contributed by atoms with van der Waals surface area (Å²) in [5.74, 6) is 1.32. The Labute approximate surface area is 122 Å². The molecule has 4 nitrogen and oxygen atoms in total. The third-order valence-corrected chi connectivity index (χ3v) is 3.65. The fourth-order valence-corrected chi connectivity index (χ4v) is 2.58. The van der Waals surface area contributed by atoms with Crippen molar-refractivity contribution in [2.75, 3.05) is 0 Å². The van der Waals surface area contributed by atoms with Crippen LogP contribution in [0.4, 0.5) is 0 Å². The van der Waals surface area contributed by atoms with Crippen molar-refractivity contribution in [2.24, 2.45) is 0 Å². The third kappa shape index (κ3) is 2.00. The van der Waals surface area contributed by atoms with Gasteiger partial charge in [0.2, 0.25) is 6.23 Å². The fraction of sp³-hybridized carbons (Fsp3) is 0.118. The molecule has 1 aliphatic heterocycles. The highest BCUT2D eigenvalue weighted by molar-refractivity contribution is 5.88. The van der Waals surface area contributed by atoms with Crippen LogP contribution in [0.1, 0.15) is 17.0 Å². The number of H-pyrrole nitrogens is 1. The molecular weight excluding hydrogens is 262 g/mol. The fourth-order valence-electron chi connectivity index (χ4n) is 2.58. The molecule has 2 heterocycles. The van der Waals surface area contributed by atoms with Crippen molar-refractivity contribution in [1.29, 1.82) is 0 Å². The highest BCUT2D eigenvalue weighted by atomic mass is 16.5. The summed E-state index contributed by atoms with van der Waals surface area (Å²) in [6.07, 6.45) is 0.898. The van der Waals surface area contributed by atoms with Crippen molar-refractivity contribution in [3.05, 3.63) is 59.4 Å². The molecule has 0 saturated carbocycles. The van der Waals surface area contributed by atoms with E-state index in [-0.39, 0.29) is 0 Å². The molecule has 1 aliphatic rings. The number of nitrogens with one attached hydrogen (secondary N) is 1. The van der Waals surface area contributed by atoms with Gasteiger partial charge in [-0.15, -0.1) is 0 Å². The van der Waals surface area contributed by atoms with Gasteiger partial charge in [0.15, 0.2) is 0 Å². The molecule has 0 aliphatic carbocycles. The molecule has 2 radical (unpaired) electrons. The highest BCUT2D eigenvalue weighted by Crippen LogP contribution is 2.32. The second-order valence-corrected chi connectivity index (χ2v) is 5.21. The molecule has 2 aromatic carbocycles. The van der Waals surface area contributed by atoms with Crippen molar-refractivity contribution < 1.29 is 4.74 Å². The van der Waals surface area contributed by atoms with Gasteiger partial charge < -0.3 is 9.72 Å². The van der Waals surface area contributed by atoms with E-state index in [0.717, 1.165) is 22.2 Å². The van der Waals surface area contributed by atoms with Gasteiger partial charge in [0.05, 0.1) is 16.6 Å². The first kappa shape index (κ1) is 12.2. The van der Waals surface area contributed by atoms with Crippen LogP contribution in [0.15, 0.2) is 42.5 Å². The third-order valence-electron chi connectivity index (χ3n) is 3.65. The van der Waals surface area contributed by atoms with Crippen LogP contribution < -0.4 is 10.5 Å². The van der Waals surface area contributed by atoms with E-state index in [1.165, 1.54) is 0 Å². The van der Waals surface area contributed by atoms with E-state index in [9.17, 15) is 5.73 Å². The van der Waals surface area contributed by atoms with Crippen LogP contribution in [0.25, 0.3) is 22.7 Å². The zero-order valence-corrected chi connectivity index (χ0v) is 11.5. The lowest BCUT2D eigenvalue weighted by molar-refractivity contribution is 0.255. The van der Waals surface area contributed by atoms with Gasteiger partial charge in [-0.3, -0.25) is 0 Å². The van der Waals surface area contributed by atoms with E-state index in [1.807, 2.05) is 55.5 Å². The number of fused-ring (bicyclic) bond motifs is 2. The molecule has 4 rings (SSSR count). The minimum Gasteiger partial charge on any atom is -0.467 e. The van der Waals surface area contributed by atoms with E-state index in [4.69, 9.17) is 4.74 Å². The Balaban J connectivity index is 1.86. The van der Waals surface area contributed by atoms with Gasteiger partial charge >= 0.3 is 0 Å². The van der Waals surface area contributed by atoms with Crippen LogP contribution in [-0.2, 0) is 0 Å². The number of para-hydroxylation sites is 1. The summed E-state index contributed by atoms with van der Waals surface area (Å²) >= 11 is 0. The van der Waals surface area contributed by atoms with Crippen molar-refractivity contribution in [3.63, 3.8) is 0 Å². The Hall–Kier alpha value is -2.59. The first-order chi connectivity index (χ1) is 10.2. The summed E-state index contributed by atoms with van der Waals surface area (Å²) in [7, 11) is 0. The maximum atomic E-state index is 10.2. The molecule has 0 amide bonds. The number of imidazole rings is 1. The first-order valence-electron chi connectivity index (χ1n) is 6.83. The standard InChI is InChI=1S/C17H13N3O/c1-10-6-7-13-14(8-10)20-17(19-13)12-9-11-4-2-3-5-15(11)21-16(12)18/h2-9,16H,1H3,(H,19,20). The van der Waals surface area contributed by atoms with E-state index in [2.05, 4.69) is 9.97 Å². The van der Waals surface area contributed by atoms with Gasteiger partial charge in [-0.25, -0.2) is 4.98 Å². The van der Waals surface area contributed by atoms with E-state index < -0.39 is 6.23 Å². The summed E-state index contributed by atoms with van der Waals surface area (Å²) in [5, 5.41) is 0. The Morgan fingerprint density at radius 1 is 1.19 bits per heavy atom. The predicted molar refractivity (Wildman–Crippen MR) is 81.7 cm³/mol. The lowest BCUT2D eigenvalue weighted by Gasteiger charge is -2.21. The molecule has 1 N–H and O–H groups in total. The van der Waals surface area contributed by atoms with Gasteiger partial charge in [-0.2, -0.15) is 0 Å². The van der Waals surface area contributed by atoms with Crippen LogP contribution in [0.3, 0.4) is 0 Å². The van der Waals surface area contributed by atoms with Gasteiger partial charge in [-0.1, -0.05) is 30.0 Å². The minimum absolute atomic E-state index is 0.637. The summed E-state index contributed by atoms with van der Waals surface area (Å²) in [5.41, 5.74) is 14.8. The number of aromatic amines is 1. The number of nitrogens with zero attached hydrogens (tertiary/aromatic N) is 2. The molecule has 21 heavy (non-hydrogen) atoms. The Kier molecular flexibility index (Phi) is 2.59. The van der Waals surface area contributed by atoms with Crippen LogP contribution in [0.2, 0.25) is 0 Å². The molecule has 1 aromatic heterocycles. The van der Waals surface area contributed by atoms with Crippen LogP contribution in [0.5, 0.6) is 5.75 Å². The zero-order valence-electron chi connectivity index (χ0n) is 11.5. The molecular formula is C17H13N3O. The van der Waals surface area contributed by atoms with Crippen LogP contribution >= 0.6 is 0 Å². The molecule has 102 valence electrons. The molecule has 0 spiro atoms. The topological polar surface area (TPSA) is 60.2 Å². The number of ether oxygens (including phenoxy) is 1. The first-order valence-corrected chi connectivity index (χ1v) is 6.83. The number of aryl methyl sites for hydroxylation is 1.